The molecule has 0 spiro atoms. The van der Waals surface area contributed by atoms with Gasteiger partial charge in [0, 0.05) is 23.0 Å². The van der Waals surface area contributed by atoms with Crippen LogP contribution in [-0.4, -0.2) is 17.6 Å². The van der Waals surface area contributed by atoms with E-state index in [4.69, 9.17) is 28.4 Å². The molecule has 2 heterocycles. The topological polar surface area (TPSA) is 15.6 Å². The Morgan fingerprint density at radius 2 is 1.75 bits per heavy atom. The van der Waals surface area contributed by atoms with E-state index in [-0.39, 0.29) is 0 Å². The van der Waals surface area contributed by atoms with Crippen LogP contribution < -0.4 is 10.6 Å². The fourth-order valence-electron chi connectivity index (χ4n) is 2.74. The van der Waals surface area contributed by atoms with Crippen LogP contribution in [0.2, 0.25) is 0 Å². The predicted molar refractivity (Wildman–Crippen MR) is 100 cm³/mol. The molecule has 4 rings (SSSR count). The lowest BCUT2D eigenvalue weighted by molar-refractivity contribution is 0.827. The van der Waals surface area contributed by atoms with Crippen molar-refractivity contribution in [2.45, 2.75) is 6.92 Å². The minimum Gasteiger partial charge on any atom is -0.324 e. The van der Waals surface area contributed by atoms with Crippen molar-refractivity contribution < 1.29 is 0 Å². The van der Waals surface area contributed by atoms with Gasteiger partial charge in [-0.25, -0.2) is 4.76 Å². The van der Waals surface area contributed by atoms with E-state index in [1.807, 2.05) is 6.92 Å². The third-order valence-electron chi connectivity index (χ3n) is 3.83. The normalized spacial score (nSPS) is 31.3. The summed E-state index contributed by atoms with van der Waals surface area (Å²) in [5.41, 5.74) is 0. The minimum atomic E-state index is -1.99. The fourth-order valence-corrected chi connectivity index (χ4v) is 23.6. The zero-order valence-corrected chi connectivity index (χ0v) is 15.2. The Balaban J connectivity index is 2.28. The zero-order chi connectivity index (χ0) is 14.1. The SMILES string of the molecule is CC1=N[P@]2(=S)S[P@@](=S)(c3cccc4cccc2c34)N1C. The second kappa shape index (κ2) is 4.18. The van der Waals surface area contributed by atoms with Crippen molar-refractivity contribution in [2.24, 2.45) is 4.76 Å². The molecular formula is C13H12N2P2S3. The number of benzene rings is 2. The maximum atomic E-state index is 6.12. The van der Waals surface area contributed by atoms with Crippen molar-refractivity contribution in [3.63, 3.8) is 0 Å². The highest BCUT2D eigenvalue weighted by Crippen LogP contribution is 2.83. The molecule has 0 aromatic heterocycles. The first kappa shape index (κ1) is 13.5. The smallest absolute Gasteiger partial charge is 0.145 e. The molecule has 0 radical (unpaired) electrons. The molecule has 2 aliphatic rings. The molecule has 0 aliphatic carbocycles. The fraction of sp³-hybridized carbons (Fsp3) is 0.154. The average molecular weight is 354 g/mol. The number of nitrogens with zero attached hydrogens (tertiary/aromatic N) is 2. The second-order valence-electron chi connectivity index (χ2n) is 4.95. The first-order valence-corrected chi connectivity index (χ1v) is 13.7. The van der Waals surface area contributed by atoms with Crippen molar-refractivity contribution >= 4 is 72.6 Å². The summed E-state index contributed by atoms with van der Waals surface area (Å²) < 4.78 is 7.07. The first-order chi connectivity index (χ1) is 9.46. The Hall–Kier alpha value is -0.180. The van der Waals surface area contributed by atoms with Crippen molar-refractivity contribution in [3.05, 3.63) is 36.4 Å². The van der Waals surface area contributed by atoms with Gasteiger partial charge in [-0.2, -0.15) is 0 Å². The highest BCUT2D eigenvalue weighted by molar-refractivity contribution is 9.01. The van der Waals surface area contributed by atoms with Gasteiger partial charge >= 0.3 is 0 Å². The summed E-state index contributed by atoms with van der Waals surface area (Å²) in [4.78, 5) is 0. The molecule has 102 valence electrons. The van der Waals surface area contributed by atoms with Crippen LogP contribution in [0.3, 0.4) is 0 Å². The van der Waals surface area contributed by atoms with Crippen molar-refractivity contribution in [1.82, 2.24) is 4.67 Å². The Morgan fingerprint density at radius 1 is 1.10 bits per heavy atom. The molecule has 0 amide bonds. The van der Waals surface area contributed by atoms with E-state index in [2.05, 4.69) is 48.1 Å². The molecule has 2 bridgehead atoms. The quantitative estimate of drug-likeness (QED) is 0.668. The van der Waals surface area contributed by atoms with Crippen LogP contribution >= 0.6 is 21.8 Å². The Morgan fingerprint density at radius 3 is 2.45 bits per heavy atom. The van der Waals surface area contributed by atoms with Gasteiger partial charge in [-0.3, -0.25) is 0 Å². The van der Waals surface area contributed by atoms with E-state index in [0.717, 1.165) is 5.84 Å². The van der Waals surface area contributed by atoms with E-state index < -0.39 is 10.8 Å². The lowest BCUT2D eigenvalue weighted by Crippen LogP contribution is -2.32. The first-order valence-electron chi connectivity index (χ1n) is 6.21. The van der Waals surface area contributed by atoms with Crippen LogP contribution in [0.1, 0.15) is 6.92 Å². The van der Waals surface area contributed by atoms with Gasteiger partial charge < -0.3 is 4.67 Å². The van der Waals surface area contributed by atoms with Crippen molar-refractivity contribution in [3.8, 4) is 0 Å². The zero-order valence-electron chi connectivity index (χ0n) is 11.0. The monoisotopic (exact) mass is 354 g/mol. The molecular weight excluding hydrogens is 342 g/mol. The van der Waals surface area contributed by atoms with E-state index in [1.165, 1.54) is 21.4 Å². The van der Waals surface area contributed by atoms with E-state index >= 15 is 0 Å². The van der Waals surface area contributed by atoms with Gasteiger partial charge in [0.1, 0.15) is 16.6 Å². The summed E-state index contributed by atoms with van der Waals surface area (Å²) in [6.45, 7) is 2.04. The van der Waals surface area contributed by atoms with E-state index in [9.17, 15) is 0 Å². The minimum absolute atomic E-state index is 1.00. The Bertz CT molecular complexity index is 885. The van der Waals surface area contributed by atoms with Crippen molar-refractivity contribution in [2.75, 3.05) is 7.05 Å². The molecule has 2 nitrogen and oxygen atoms in total. The number of fused-ring (bicyclic) bond motifs is 4. The summed E-state index contributed by atoms with van der Waals surface area (Å²) in [6.07, 6.45) is 0. The predicted octanol–water partition coefficient (Wildman–Crippen LogP) is 3.82. The molecule has 2 aromatic rings. The van der Waals surface area contributed by atoms with E-state index in [0.29, 0.717) is 0 Å². The lowest BCUT2D eigenvalue weighted by atomic mass is 10.1. The van der Waals surface area contributed by atoms with Gasteiger partial charge in [0.2, 0.25) is 0 Å². The number of rotatable bonds is 0. The molecule has 7 heteroatoms. The molecule has 2 aliphatic heterocycles. The molecule has 0 saturated carbocycles. The third-order valence-corrected chi connectivity index (χ3v) is 21.1. The molecule has 0 N–H and O–H groups in total. The Kier molecular flexibility index (Phi) is 2.82. The molecule has 2 atom stereocenters. The van der Waals surface area contributed by atoms with Gasteiger partial charge in [0.05, 0.1) is 0 Å². The second-order valence-corrected chi connectivity index (χ2v) is 18.6. The highest BCUT2D eigenvalue weighted by Gasteiger charge is 2.44. The summed E-state index contributed by atoms with van der Waals surface area (Å²) in [5, 5.41) is 1.18. The molecule has 0 saturated heterocycles. The van der Waals surface area contributed by atoms with Crippen molar-refractivity contribution in [1.29, 1.82) is 0 Å². The standard InChI is InChI=1S/C13H12N2P2S3/c1-9-14-16(18)11-7-3-5-10-6-4-8-12(13(10)11)17(19,20-16)15(9)2/h3-8H,1-2H3/t16-,17+/m1/s1. The maximum absolute atomic E-state index is 6.12. The van der Waals surface area contributed by atoms with Gasteiger partial charge in [0.15, 0.2) is 0 Å². The lowest BCUT2D eigenvalue weighted by Gasteiger charge is -2.44. The van der Waals surface area contributed by atoms with Crippen LogP contribution in [-0.2, 0) is 23.6 Å². The van der Waals surface area contributed by atoms with Crippen LogP contribution in [0.5, 0.6) is 0 Å². The largest absolute Gasteiger partial charge is 0.324 e. The van der Waals surface area contributed by atoms with Crippen LogP contribution in [0.15, 0.2) is 41.2 Å². The van der Waals surface area contributed by atoms with E-state index in [1.54, 1.807) is 11.0 Å². The summed E-state index contributed by atoms with van der Waals surface area (Å²) in [7, 11) is 2.07. The number of hydrogen-bond acceptors (Lipinski definition) is 3. The summed E-state index contributed by atoms with van der Waals surface area (Å²) >= 11 is 13.9. The van der Waals surface area contributed by atoms with Gasteiger partial charge in [0.25, 0.3) is 0 Å². The van der Waals surface area contributed by atoms with Gasteiger partial charge in [-0.15, -0.1) is 0 Å². The molecule has 20 heavy (non-hydrogen) atoms. The van der Waals surface area contributed by atoms with Gasteiger partial charge in [-0.05, 0) is 23.3 Å². The maximum Gasteiger partial charge on any atom is 0.145 e. The Labute approximate surface area is 132 Å². The molecule has 2 aromatic carbocycles. The highest BCUT2D eigenvalue weighted by atomic mass is 33.2. The summed E-state index contributed by atoms with van der Waals surface area (Å²) in [5.74, 6) is 1.00. The van der Waals surface area contributed by atoms with Crippen LogP contribution in [0, 0.1) is 0 Å². The van der Waals surface area contributed by atoms with Gasteiger partial charge in [-0.1, -0.05) is 60.0 Å². The number of amidine groups is 1. The van der Waals surface area contributed by atoms with Crippen LogP contribution in [0.25, 0.3) is 10.8 Å². The molecule has 0 unspecified atom stereocenters. The molecule has 0 fully saturated rings. The summed E-state index contributed by atoms with van der Waals surface area (Å²) in [6, 6.07) is 12.8. The van der Waals surface area contributed by atoms with Crippen LogP contribution in [0.4, 0.5) is 0 Å². The third kappa shape index (κ3) is 1.56. The average Bonchev–Trinajstić information content (AvgIpc) is 2.42. The number of hydrogen-bond donors (Lipinski definition) is 0.